The number of rotatable bonds is 6. The molecule has 2 rings (SSSR count). The van der Waals surface area contributed by atoms with E-state index < -0.39 is 0 Å². The summed E-state index contributed by atoms with van der Waals surface area (Å²) in [6, 6.07) is 7.92. The van der Waals surface area contributed by atoms with Gasteiger partial charge in [-0.3, -0.25) is 9.69 Å². The van der Waals surface area contributed by atoms with E-state index in [-0.39, 0.29) is 11.9 Å². The number of nitrogens with zero attached hydrogens (tertiary/aromatic N) is 2. The Morgan fingerprint density at radius 3 is 2.90 bits per heavy atom. The van der Waals surface area contributed by atoms with Gasteiger partial charge in [0, 0.05) is 23.2 Å². The summed E-state index contributed by atoms with van der Waals surface area (Å²) in [5.74, 6) is 0.756. The van der Waals surface area contributed by atoms with E-state index in [1.54, 1.807) is 13.3 Å². The van der Waals surface area contributed by atoms with E-state index in [0.717, 1.165) is 11.3 Å². The highest BCUT2D eigenvalue weighted by Gasteiger charge is 2.18. The molecule has 6 heteroatoms. The zero-order valence-corrected chi connectivity index (χ0v) is 13.2. The molecule has 0 fully saturated rings. The molecule has 0 saturated carbocycles. The molecule has 1 heterocycles. The Hall–Kier alpha value is -1.92. The lowest BCUT2D eigenvalue weighted by molar-refractivity contribution is -0.117. The number of hydrogen-bond donors (Lipinski definition) is 1. The number of ether oxygens (including phenoxy) is 1. The number of para-hydroxylation sites is 1. The standard InChI is InChI=1S/C15H19N3O2S/c1-11(12-6-4-5-7-13(12)20-3)18(2)10-14(19)17-15-16-8-9-21-15/h4-9,11H,10H2,1-3H3,(H,16,17,19)/t11-/m0/s1. The maximum Gasteiger partial charge on any atom is 0.240 e. The highest BCUT2D eigenvalue weighted by Crippen LogP contribution is 2.27. The zero-order chi connectivity index (χ0) is 15.2. The van der Waals surface area contributed by atoms with Crippen molar-refractivity contribution >= 4 is 22.4 Å². The molecule has 2 aromatic rings. The molecule has 0 aliphatic carbocycles. The molecule has 0 aliphatic rings. The van der Waals surface area contributed by atoms with E-state index in [2.05, 4.69) is 17.2 Å². The summed E-state index contributed by atoms with van der Waals surface area (Å²) in [4.78, 5) is 18.0. The lowest BCUT2D eigenvalue weighted by atomic mass is 10.1. The summed E-state index contributed by atoms with van der Waals surface area (Å²) in [5.41, 5.74) is 1.06. The summed E-state index contributed by atoms with van der Waals surface area (Å²) in [6.07, 6.45) is 1.67. The first-order chi connectivity index (χ1) is 10.1. The number of benzene rings is 1. The van der Waals surface area contributed by atoms with Crippen LogP contribution in [0.2, 0.25) is 0 Å². The number of likely N-dealkylation sites (N-methyl/N-ethyl adjacent to an activating group) is 1. The van der Waals surface area contributed by atoms with Crippen LogP contribution in [0, 0.1) is 0 Å². The van der Waals surface area contributed by atoms with Crippen molar-refractivity contribution in [2.24, 2.45) is 0 Å². The summed E-state index contributed by atoms with van der Waals surface area (Å²) in [6.45, 7) is 2.34. The molecule has 0 radical (unpaired) electrons. The van der Waals surface area contributed by atoms with Crippen LogP contribution >= 0.6 is 11.3 Å². The van der Waals surface area contributed by atoms with Gasteiger partial charge in [0.15, 0.2) is 5.13 Å². The van der Waals surface area contributed by atoms with Gasteiger partial charge in [-0.25, -0.2) is 4.98 Å². The monoisotopic (exact) mass is 305 g/mol. The number of hydrogen-bond acceptors (Lipinski definition) is 5. The second kappa shape index (κ2) is 7.19. The fourth-order valence-corrected chi connectivity index (χ4v) is 2.60. The maximum absolute atomic E-state index is 12.0. The number of methoxy groups -OCH3 is 1. The van der Waals surface area contributed by atoms with Crippen LogP contribution in [0.15, 0.2) is 35.8 Å². The molecule has 1 atom stereocenters. The highest BCUT2D eigenvalue weighted by molar-refractivity contribution is 7.13. The first-order valence-corrected chi connectivity index (χ1v) is 7.52. The van der Waals surface area contributed by atoms with Crippen LogP contribution in [-0.4, -0.2) is 36.5 Å². The first-order valence-electron chi connectivity index (χ1n) is 6.64. The summed E-state index contributed by atoms with van der Waals surface area (Å²) in [7, 11) is 3.57. The van der Waals surface area contributed by atoms with Crippen LogP contribution in [0.4, 0.5) is 5.13 Å². The van der Waals surface area contributed by atoms with E-state index in [9.17, 15) is 4.79 Å². The number of carbonyl (C=O) groups excluding carboxylic acids is 1. The fraction of sp³-hybridized carbons (Fsp3) is 0.333. The fourth-order valence-electron chi connectivity index (χ4n) is 2.06. The van der Waals surface area contributed by atoms with Crippen LogP contribution in [0.3, 0.4) is 0 Å². The second-order valence-corrected chi connectivity index (χ2v) is 5.61. The molecular formula is C15H19N3O2S. The molecule has 0 unspecified atom stereocenters. The molecular weight excluding hydrogens is 286 g/mol. The Morgan fingerprint density at radius 1 is 1.48 bits per heavy atom. The van der Waals surface area contributed by atoms with Crippen molar-refractivity contribution in [3.05, 3.63) is 41.4 Å². The summed E-state index contributed by atoms with van der Waals surface area (Å²) >= 11 is 1.41. The Morgan fingerprint density at radius 2 is 2.24 bits per heavy atom. The smallest absolute Gasteiger partial charge is 0.240 e. The number of anilines is 1. The summed E-state index contributed by atoms with van der Waals surface area (Å²) < 4.78 is 5.37. The van der Waals surface area contributed by atoms with Gasteiger partial charge in [-0.2, -0.15) is 0 Å². The van der Waals surface area contributed by atoms with Crippen molar-refractivity contribution in [1.29, 1.82) is 0 Å². The van der Waals surface area contributed by atoms with Crippen molar-refractivity contribution in [2.75, 3.05) is 26.0 Å². The largest absolute Gasteiger partial charge is 0.496 e. The number of amides is 1. The lowest BCUT2D eigenvalue weighted by Gasteiger charge is -2.25. The minimum atomic E-state index is -0.0748. The average molecular weight is 305 g/mol. The molecule has 0 aliphatic heterocycles. The number of nitrogens with one attached hydrogen (secondary N) is 1. The molecule has 1 N–H and O–H groups in total. The Kier molecular flexibility index (Phi) is 5.30. The molecule has 0 bridgehead atoms. The Labute approximate surface area is 128 Å². The molecule has 0 spiro atoms. The molecule has 1 aromatic heterocycles. The minimum absolute atomic E-state index is 0.0724. The molecule has 112 valence electrons. The molecule has 1 amide bonds. The molecule has 1 aromatic carbocycles. The lowest BCUT2D eigenvalue weighted by Crippen LogP contribution is -2.32. The van der Waals surface area contributed by atoms with Crippen LogP contribution in [0.1, 0.15) is 18.5 Å². The van der Waals surface area contributed by atoms with Crippen molar-refractivity contribution in [3.8, 4) is 5.75 Å². The van der Waals surface area contributed by atoms with E-state index in [1.165, 1.54) is 11.3 Å². The predicted molar refractivity (Wildman–Crippen MR) is 84.8 cm³/mol. The van der Waals surface area contributed by atoms with E-state index in [4.69, 9.17) is 4.74 Å². The van der Waals surface area contributed by atoms with E-state index >= 15 is 0 Å². The van der Waals surface area contributed by atoms with Gasteiger partial charge < -0.3 is 10.1 Å². The average Bonchev–Trinajstić information content (AvgIpc) is 2.99. The summed E-state index contributed by atoms with van der Waals surface area (Å²) in [5, 5.41) is 5.24. The SMILES string of the molecule is COc1ccccc1[C@H](C)N(C)CC(=O)Nc1nccs1. The quantitative estimate of drug-likeness (QED) is 0.891. The maximum atomic E-state index is 12.0. The van der Waals surface area contributed by atoms with Crippen molar-refractivity contribution < 1.29 is 9.53 Å². The second-order valence-electron chi connectivity index (χ2n) is 4.72. The van der Waals surface area contributed by atoms with Gasteiger partial charge in [-0.1, -0.05) is 18.2 Å². The van der Waals surface area contributed by atoms with Gasteiger partial charge >= 0.3 is 0 Å². The van der Waals surface area contributed by atoms with Crippen molar-refractivity contribution in [3.63, 3.8) is 0 Å². The van der Waals surface area contributed by atoms with Crippen LogP contribution in [-0.2, 0) is 4.79 Å². The van der Waals surface area contributed by atoms with Gasteiger partial charge in [0.05, 0.1) is 13.7 Å². The minimum Gasteiger partial charge on any atom is -0.496 e. The topological polar surface area (TPSA) is 54.5 Å². The van der Waals surface area contributed by atoms with Crippen LogP contribution < -0.4 is 10.1 Å². The van der Waals surface area contributed by atoms with Crippen molar-refractivity contribution in [1.82, 2.24) is 9.88 Å². The third-order valence-corrected chi connectivity index (χ3v) is 4.01. The Balaban J connectivity index is 1.99. The van der Waals surface area contributed by atoms with Crippen LogP contribution in [0.5, 0.6) is 5.75 Å². The van der Waals surface area contributed by atoms with Gasteiger partial charge in [0.1, 0.15) is 5.75 Å². The highest BCUT2D eigenvalue weighted by atomic mass is 32.1. The number of thiazole rings is 1. The predicted octanol–water partition coefficient (Wildman–Crippen LogP) is 2.78. The molecule has 5 nitrogen and oxygen atoms in total. The van der Waals surface area contributed by atoms with Gasteiger partial charge in [0.25, 0.3) is 0 Å². The third kappa shape index (κ3) is 4.03. The van der Waals surface area contributed by atoms with Gasteiger partial charge in [0.2, 0.25) is 5.91 Å². The van der Waals surface area contributed by atoms with Crippen LogP contribution in [0.25, 0.3) is 0 Å². The van der Waals surface area contributed by atoms with Gasteiger partial charge in [-0.05, 0) is 20.0 Å². The molecule has 0 saturated heterocycles. The first kappa shape index (κ1) is 15.5. The van der Waals surface area contributed by atoms with E-state index in [1.807, 2.05) is 41.6 Å². The number of carbonyl (C=O) groups is 1. The third-order valence-electron chi connectivity index (χ3n) is 3.32. The number of aromatic nitrogens is 1. The normalized spacial score (nSPS) is 12.2. The Bertz CT molecular complexity index is 586. The van der Waals surface area contributed by atoms with E-state index in [0.29, 0.717) is 11.7 Å². The van der Waals surface area contributed by atoms with Crippen molar-refractivity contribution in [2.45, 2.75) is 13.0 Å². The zero-order valence-electron chi connectivity index (χ0n) is 12.4. The molecule has 21 heavy (non-hydrogen) atoms. The van der Waals surface area contributed by atoms with Gasteiger partial charge in [-0.15, -0.1) is 11.3 Å².